The molecule has 1 nitrogen and oxygen atoms in total. The number of halogens is 1. The van der Waals surface area contributed by atoms with Crippen LogP contribution in [0.15, 0.2) is 24.3 Å². The monoisotopic (exact) mass is 271 g/mol. The Hall–Kier alpha value is -0.180. The summed E-state index contributed by atoms with van der Waals surface area (Å²) in [6.07, 6.45) is 0. The van der Waals surface area contributed by atoms with Crippen molar-refractivity contribution in [2.45, 2.75) is 32.6 Å². The van der Waals surface area contributed by atoms with Crippen LogP contribution in [-0.4, -0.2) is 18.3 Å². The Morgan fingerprint density at radius 1 is 1.29 bits per heavy atom. The molecule has 0 saturated heterocycles. The lowest BCUT2D eigenvalue weighted by Gasteiger charge is -2.21. The molecule has 0 saturated carbocycles. The molecule has 17 heavy (non-hydrogen) atoms. The fourth-order valence-electron chi connectivity index (χ4n) is 1.66. The molecule has 1 rings (SSSR count). The fraction of sp³-hybridized carbons (Fsp3) is 0.571. The van der Waals surface area contributed by atoms with Crippen LogP contribution in [-0.2, 0) is 5.75 Å². The van der Waals surface area contributed by atoms with Crippen molar-refractivity contribution < 1.29 is 0 Å². The molecule has 0 aliphatic rings. The van der Waals surface area contributed by atoms with Gasteiger partial charge in [0.25, 0.3) is 0 Å². The number of nitrogens with one attached hydrogen (secondary N) is 1. The van der Waals surface area contributed by atoms with E-state index in [4.69, 9.17) is 11.6 Å². The summed E-state index contributed by atoms with van der Waals surface area (Å²) in [5.74, 6) is 2.80. The van der Waals surface area contributed by atoms with Crippen LogP contribution in [0, 0.1) is 5.92 Å². The average Bonchev–Trinajstić information content (AvgIpc) is 2.30. The molecule has 0 radical (unpaired) electrons. The summed E-state index contributed by atoms with van der Waals surface area (Å²) in [6, 6.07) is 8.68. The first kappa shape index (κ1) is 14.9. The smallest absolute Gasteiger partial charge is 0.0446 e. The zero-order valence-corrected chi connectivity index (χ0v) is 12.4. The van der Waals surface area contributed by atoms with Crippen LogP contribution in [0.3, 0.4) is 0 Å². The summed E-state index contributed by atoms with van der Waals surface area (Å²) in [5.41, 5.74) is 1.23. The standard InChI is InChI=1S/C14H22ClNS/c1-4-16-14(11(2)3)10-17-9-12-7-5-6-8-13(12)15/h5-8,11,14,16H,4,9-10H2,1-3H3. The van der Waals surface area contributed by atoms with Gasteiger partial charge in [-0.3, -0.25) is 0 Å². The Labute approximate surface area is 114 Å². The minimum Gasteiger partial charge on any atom is -0.313 e. The summed E-state index contributed by atoms with van der Waals surface area (Å²) >= 11 is 8.08. The highest BCUT2D eigenvalue weighted by molar-refractivity contribution is 7.98. The normalized spacial score (nSPS) is 13.0. The second-order valence-corrected chi connectivity index (χ2v) is 5.95. The van der Waals surface area contributed by atoms with E-state index in [1.165, 1.54) is 5.56 Å². The van der Waals surface area contributed by atoms with Gasteiger partial charge >= 0.3 is 0 Å². The summed E-state index contributed by atoms with van der Waals surface area (Å²) in [5, 5.41) is 4.41. The number of hydrogen-bond acceptors (Lipinski definition) is 2. The number of benzene rings is 1. The Balaban J connectivity index is 2.38. The molecule has 0 aliphatic carbocycles. The van der Waals surface area contributed by atoms with Crippen LogP contribution < -0.4 is 5.32 Å². The molecule has 1 unspecified atom stereocenters. The lowest BCUT2D eigenvalue weighted by Crippen LogP contribution is -2.35. The molecular formula is C14H22ClNS. The molecule has 0 aliphatic heterocycles. The van der Waals surface area contributed by atoms with Gasteiger partial charge in [-0.05, 0) is 24.1 Å². The SMILES string of the molecule is CCNC(CSCc1ccccc1Cl)C(C)C. The summed E-state index contributed by atoms with van der Waals surface area (Å²) in [6.45, 7) is 7.73. The number of rotatable bonds is 7. The highest BCUT2D eigenvalue weighted by Crippen LogP contribution is 2.22. The second-order valence-electron chi connectivity index (χ2n) is 4.51. The van der Waals surface area contributed by atoms with Crippen LogP contribution >= 0.6 is 23.4 Å². The van der Waals surface area contributed by atoms with Gasteiger partial charge in [-0.25, -0.2) is 0 Å². The van der Waals surface area contributed by atoms with E-state index >= 15 is 0 Å². The van der Waals surface area contributed by atoms with E-state index in [1.54, 1.807) is 0 Å². The van der Waals surface area contributed by atoms with Gasteiger partial charge in [0.15, 0.2) is 0 Å². The Morgan fingerprint density at radius 3 is 2.59 bits per heavy atom. The van der Waals surface area contributed by atoms with E-state index in [0.29, 0.717) is 12.0 Å². The molecule has 1 atom stereocenters. The van der Waals surface area contributed by atoms with Crippen molar-refractivity contribution in [1.82, 2.24) is 5.32 Å². The quantitative estimate of drug-likeness (QED) is 0.797. The van der Waals surface area contributed by atoms with Gasteiger partial charge < -0.3 is 5.32 Å². The summed E-state index contributed by atoms with van der Waals surface area (Å²) < 4.78 is 0. The topological polar surface area (TPSA) is 12.0 Å². The van der Waals surface area contributed by atoms with Crippen molar-refractivity contribution in [3.05, 3.63) is 34.9 Å². The molecule has 1 aromatic rings. The lowest BCUT2D eigenvalue weighted by molar-refractivity contribution is 0.443. The Bertz CT molecular complexity index is 328. The van der Waals surface area contributed by atoms with E-state index in [-0.39, 0.29) is 0 Å². The molecule has 0 bridgehead atoms. The molecule has 1 aromatic carbocycles. The van der Waals surface area contributed by atoms with Crippen LogP contribution in [0.5, 0.6) is 0 Å². The fourth-order valence-corrected chi connectivity index (χ4v) is 3.29. The number of hydrogen-bond donors (Lipinski definition) is 1. The van der Waals surface area contributed by atoms with E-state index in [2.05, 4.69) is 32.2 Å². The third-order valence-corrected chi connectivity index (χ3v) is 4.26. The van der Waals surface area contributed by atoms with Gasteiger partial charge in [-0.15, -0.1) is 0 Å². The largest absolute Gasteiger partial charge is 0.313 e. The van der Waals surface area contributed by atoms with Crippen LogP contribution in [0.25, 0.3) is 0 Å². The van der Waals surface area contributed by atoms with Crippen molar-refractivity contribution in [2.24, 2.45) is 5.92 Å². The maximum Gasteiger partial charge on any atom is 0.0446 e. The first-order valence-corrected chi connectivity index (χ1v) is 7.73. The maximum absolute atomic E-state index is 6.13. The van der Waals surface area contributed by atoms with E-state index < -0.39 is 0 Å². The van der Waals surface area contributed by atoms with Gasteiger partial charge in [-0.1, -0.05) is 50.6 Å². The molecule has 0 spiro atoms. The first-order chi connectivity index (χ1) is 8.15. The van der Waals surface area contributed by atoms with Gasteiger partial charge in [0.05, 0.1) is 0 Å². The van der Waals surface area contributed by atoms with Gasteiger partial charge in [0.1, 0.15) is 0 Å². The maximum atomic E-state index is 6.13. The summed E-state index contributed by atoms with van der Waals surface area (Å²) in [7, 11) is 0. The molecule has 0 heterocycles. The molecule has 1 N–H and O–H groups in total. The minimum atomic E-state index is 0.590. The average molecular weight is 272 g/mol. The van der Waals surface area contributed by atoms with E-state index in [9.17, 15) is 0 Å². The molecule has 0 amide bonds. The Morgan fingerprint density at radius 2 is 2.00 bits per heavy atom. The second kappa shape index (κ2) is 8.02. The molecule has 96 valence electrons. The van der Waals surface area contributed by atoms with Crippen molar-refractivity contribution in [3.63, 3.8) is 0 Å². The predicted molar refractivity (Wildman–Crippen MR) is 79.9 cm³/mol. The molecular weight excluding hydrogens is 250 g/mol. The predicted octanol–water partition coefficient (Wildman–Crippen LogP) is 4.21. The van der Waals surface area contributed by atoms with Gasteiger partial charge in [0.2, 0.25) is 0 Å². The van der Waals surface area contributed by atoms with Crippen LogP contribution in [0.2, 0.25) is 5.02 Å². The number of thioether (sulfide) groups is 1. The zero-order chi connectivity index (χ0) is 12.7. The van der Waals surface area contributed by atoms with Gasteiger partial charge in [-0.2, -0.15) is 11.8 Å². The van der Waals surface area contributed by atoms with Crippen LogP contribution in [0.1, 0.15) is 26.3 Å². The summed E-state index contributed by atoms with van der Waals surface area (Å²) in [4.78, 5) is 0. The van der Waals surface area contributed by atoms with Crippen molar-refractivity contribution in [2.75, 3.05) is 12.3 Å². The van der Waals surface area contributed by atoms with Crippen molar-refractivity contribution >= 4 is 23.4 Å². The van der Waals surface area contributed by atoms with Crippen LogP contribution in [0.4, 0.5) is 0 Å². The molecule has 0 fully saturated rings. The molecule has 0 aromatic heterocycles. The Kier molecular flexibility index (Phi) is 7.02. The van der Waals surface area contributed by atoms with Crippen molar-refractivity contribution in [1.29, 1.82) is 0 Å². The molecule has 3 heteroatoms. The van der Waals surface area contributed by atoms with E-state index in [0.717, 1.165) is 23.1 Å². The highest BCUT2D eigenvalue weighted by atomic mass is 35.5. The zero-order valence-electron chi connectivity index (χ0n) is 10.9. The first-order valence-electron chi connectivity index (χ1n) is 6.19. The van der Waals surface area contributed by atoms with E-state index in [1.807, 2.05) is 30.0 Å². The van der Waals surface area contributed by atoms with Crippen molar-refractivity contribution in [3.8, 4) is 0 Å². The minimum absolute atomic E-state index is 0.590. The lowest BCUT2D eigenvalue weighted by atomic mass is 10.1. The highest BCUT2D eigenvalue weighted by Gasteiger charge is 2.11. The third kappa shape index (κ3) is 5.33. The third-order valence-electron chi connectivity index (χ3n) is 2.78. The van der Waals surface area contributed by atoms with Gasteiger partial charge in [0, 0.05) is 22.6 Å².